The van der Waals surface area contributed by atoms with Crippen molar-refractivity contribution in [1.82, 2.24) is 0 Å². The van der Waals surface area contributed by atoms with Gasteiger partial charge >= 0.3 is 12.1 Å². The van der Waals surface area contributed by atoms with Crippen molar-refractivity contribution in [1.29, 1.82) is 0 Å². The van der Waals surface area contributed by atoms with E-state index in [1.165, 1.54) is 0 Å². The number of hydrogen-bond donors (Lipinski definition) is 1. The van der Waals surface area contributed by atoms with Crippen LogP contribution in [0.1, 0.15) is 0 Å². The van der Waals surface area contributed by atoms with E-state index in [0.717, 1.165) is 0 Å². The molecule has 1 N–H and O–H groups in total. The Labute approximate surface area is 79.8 Å². The number of halogens is 3. The second-order valence-electron chi connectivity index (χ2n) is 0.803. The fourth-order valence-electron chi connectivity index (χ4n) is 0. The quantitative estimate of drug-likeness (QED) is 0.662. The molecule has 0 bridgehead atoms. The van der Waals surface area contributed by atoms with Crippen LogP contribution in [0.4, 0.5) is 13.2 Å². The van der Waals surface area contributed by atoms with Crippen LogP contribution in [0.25, 0.3) is 0 Å². The number of rotatable bonds is 0. The Hall–Kier alpha value is 0.741. The van der Waals surface area contributed by atoms with E-state index in [0.29, 0.717) is 0 Å². The molecule has 2 radical (unpaired) electrons. The van der Waals surface area contributed by atoms with Crippen molar-refractivity contribution < 1.29 is 67.8 Å². The van der Waals surface area contributed by atoms with Gasteiger partial charge in [-0.3, -0.25) is 0 Å². The number of carboxylic acids is 1. The molecule has 0 aromatic heterocycles. The van der Waals surface area contributed by atoms with Gasteiger partial charge < -0.3 is 5.11 Å². The Balaban J connectivity index is -0.000000180. The summed E-state index contributed by atoms with van der Waals surface area (Å²) in [6.07, 6.45) is -5.08. The van der Waals surface area contributed by atoms with Crippen molar-refractivity contribution in [2.24, 2.45) is 0 Å². The van der Waals surface area contributed by atoms with E-state index in [-0.39, 0.29) is 44.8 Å². The minimum absolute atomic E-state index is 0. The van der Waals surface area contributed by atoms with Crippen LogP contribution in [-0.4, -0.2) is 17.3 Å². The molecular formula is C2HAg2F3O2. The molecule has 0 rings (SSSR count). The van der Waals surface area contributed by atoms with Gasteiger partial charge in [0.2, 0.25) is 0 Å². The third-order valence-corrected chi connectivity index (χ3v) is 0.243. The van der Waals surface area contributed by atoms with Gasteiger partial charge in [0.1, 0.15) is 0 Å². The molecule has 64 valence electrons. The van der Waals surface area contributed by atoms with Crippen LogP contribution >= 0.6 is 0 Å². The summed E-state index contributed by atoms with van der Waals surface area (Å²) in [5.74, 6) is -2.76. The SMILES string of the molecule is O=C(O)C(F)(F)F.[Ag].[Ag]. The third kappa shape index (κ3) is 8.74. The van der Waals surface area contributed by atoms with E-state index in [2.05, 4.69) is 0 Å². The number of carbonyl (C=O) groups is 1. The van der Waals surface area contributed by atoms with Crippen molar-refractivity contribution in [2.45, 2.75) is 6.18 Å². The molecule has 0 saturated heterocycles. The van der Waals surface area contributed by atoms with Crippen molar-refractivity contribution >= 4 is 5.97 Å². The molecule has 0 amide bonds. The monoisotopic (exact) mass is 328 g/mol. The van der Waals surface area contributed by atoms with Crippen molar-refractivity contribution in [3.8, 4) is 0 Å². The van der Waals surface area contributed by atoms with E-state index in [9.17, 15) is 13.2 Å². The second kappa shape index (κ2) is 5.52. The zero-order chi connectivity index (χ0) is 6.08. The summed E-state index contributed by atoms with van der Waals surface area (Å²) < 4.78 is 31.7. The number of aliphatic carboxylic acids is 1. The Morgan fingerprint density at radius 2 is 1.33 bits per heavy atom. The van der Waals surface area contributed by atoms with Gasteiger partial charge in [0.05, 0.1) is 0 Å². The molecule has 7 heteroatoms. The van der Waals surface area contributed by atoms with E-state index >= 15 is 0 Å². The standard InChI is InChI=1S/C2HF3O2.2Ag/c3-2(4,5)1(6)7;;/h(H,6,7);;. The van der Waals surface area contributed by atoms with Crippen molar-refractivity contribution in [2.75, 3.05) is 0 Å². The van der Waals surface area contributed by atoms with Crippen LogP contribution in [-0.2, 0) is 49.6 Å². The predicted octanol–water partition coefficient (Wildman–Crippen LogP) is 0.628. The van der Waals surface area contributed by atoms with E-state index < -0.39 is 12.1 Å². The van der Waals surface area contributed by atoms with Crippen molar-refractivity contribution in [3.63, 3.8) is 0 Å². The summed E-state index contributed by atoms with van der Waals surface area (Å²) in [6, 6.07) is 0. The van der Waals surface area contributed by atoms with Crippen LogP contribution in [0.2, 0.25) is 0 Å². The van der Waals surface area contributed by atoms with Crippen LogP contribution in [0.15, 0.2) is 0 Å². The molecule has 0 fully saturated rings. The Kier molecular flexibility index (Phi) is 10.0. The van der Waals surface area contributed by atoms with E-state index in [4.69, 9.17) is 9.90 Å². The molecule has 2 nitrogen and oxygen atoms in total. The molecule has 0 aliphatic rings. The van der Waals surface area contributed by atoms with Gasteiger partial charge in [0.25, 0.3) is 0 Å². The Bertz CT molecular complexity index is 90.3. The van der Waals surface area contributed by atoms with E-state index in [1.54, 1.807) is 0 Å². The predicted molar refractivity (Wildman–Crippen MR) is 13.7 cm³/mol. The molecule has 0 aromatic rings. The zero-order valence-electron chi connectivity index (χ0n) is 3.59. The van der Waals surface area contributed by atoms with Crippen molar-refractivity contribution in [3.05, 3.63) is 0 Å². The van der Waals surface area contributed by atoms with Gasteiger partial charge in [0.15, 0.2) is 0 Å². The van der Waals surface area contributed by atoms with Gasteiger partial charge in [-0.1, -0.05) is 0 Å². The normalized spacial score (nSPS) is 8.78. The fraction of sp³-hybridized carbons (Fsp3) is 0.500. The largest absolute Gasteiger partial charge is 0.490 e. The average molecular weight is 330 g/mol. The third-order valence-electron chi connectivity index (χ3n) is 0.243. The van der Waals surface area contributed by atoms with Gasteiger partial charge in [-0.15, -0.1) is 0 Å². The van der Waals surface area contributed by atoms with Crippen LogP contribution in [0.3, 0.4) is 0 Å². The fourth-order valence-corrected chi connectivity index (χ4v) is 0. The smallest absolute Gasteiger partial charge is 0.475 e. The number of hydrogen-bond acceptors (Lipinski definition) is 1. The average Bonchev–Trinajstić information content (AvgIpc) is 1.31. The molecule has 0 aliphatic heterocycles. The number of alkyl halides is 3. The molecule has 0 aromatic carbocycles. The molecular weight excluding hydrogens is 329 g/mol. The molecule has 0 atom stereocenters. The Morgan fingerprint density at radius 1 is 1.22 bits per heavy atom. The first-order valence-corrected chi connectivity index (χ1v) is 1.24. The maximum absolute atomic E-state index is 10.6. The summed E-state index contributed by atoms with van der Waals surface area (Å²) in [4.78, 5) is 8.90. The first kappa shape index (κ1) is 16.4. The zero-order valence-corrected chi connectivity index (χ0v) is 6.56. The molecule has 0 unspecified atom stereocenters. The van der Waals surface area contributed by atoms with Gasteiger partial charge in [-0.05, 0) is 0 Å². The van der Waals surface area contributed by atoms with Crippen LogP contribution in [0.5, 0.6) is 0 Å². The van der Waals surface area contributed by atoms with Crippen LogP contribution < -0.4 is 0 Å². The maximum atomic E-state index is 10.6. The summed E-state index contributed by atoms with van der Waals surface area (Å²) in [7, 11) is 0. The van der Waals surface area contributed by atoms with Gasteiger partial charge in [-0.2, -0.15) is 13.2 Å². The second-order valence-corrected chi connectivity index (χ2v) is 0.803. The molecule has 0 spiro atoms. The summed E-state index contributed by atoms with van der Waals surface area (Å²) in [6.45, 7) is 0. The van der Waals surface area contributed by atoms with Gasteiger partial charge in [0, 0.05) is 44.8 Å². The first-order valence-electron chi connectivity index (χ1n) is 1.24. The van der Waals surface area contributed by atoms with Crippen LogP contribution in [0, 0.1) is 0 Å². The van der Waals surface area contributed by atoms with Gasteiger partial charge in [-0.25, -0.2) is 4.79 Å². The summed E-state index contributed by atoms with van der Waals surface area (Å²) >= 11 is 0. The van der Waals surface area contributed by atoms with E-state index in [1.807, 2.05) is 0 Å². The number of carboxylic acid groups (broad SMARTS) is 1. The molecule has 0 aliphatic carbocycles. The Morgan fingerprint density at radius 3 is 1.33 bits per heavy atom. The molecule has 0 heterocycles. The maximum Gasteiger partial charge on any atom is 0.490 e. The minimum atomic E-state index is -5.08. The topological polar surface area (TPSA) is 37.3 Å². The molecule has 0 saturated carbocycles. The minimum Gasteiger partial charge on any atom is -0.475 e. The summed E-state index contributed by atoms with van der Waals surface area (Å²) in [5.41, 5.74) is 0. The molecule has 9 heavy (non-hydrogen) atoms. The summed E-state index contributed by atoms with van der Waals surface area (Å²) in [5, 5.41) is 7.12. The first-order chi connectivity index (χ1) is 2.94.